The predicted octanol–water partition coefficient (Wildman–Crippen LogP) is 3.14. The number of hydrogen-bond acceptors (Lipinski definition) is 2. The van der Waals surface area contributed by atoms with Gasteiger partial charge in [-0.05, 0) is 43.6 Å². The van der Waals surface area contributed by atoms with E-state index in [1.54, 1.807) is 6.07 Å². The second-order valence-electron chi connectivity index (χ2n) is 5.16. The van der Waals surface area contributed by atoms with Gasteiger partial charge in [-0.3, -0.25) is 0 Å². The van der Waals surface area contributed by atoms with Crippen molar-refractivity contribution in [2.75, 3.05) is 31.1 Å². The molecule has 106 valence electrons. The second-order valence-corrected chi connectivity index (χ2v) is 5.16. The molecule has 1 aliphatic heterocycles. The maximum atomic E-state index is 12.7. The summed E-state index contributed by atoms with van der Waals surface area (Å²) in [6.45, 7) is 5.52. The average molecular weight is 272 g/mol. The normalized spacial score (nSPS) is 21.9. The summed E-state index contributed by atoms with van der Waals surface area (Å²) in [6.07, 6.45) is -3.32. The van der Waals surface area contributed by atoms with Gasteiger partial charge in [-0.1, -0.05) is 13.0 Å². The van der Waals surface area contributed by atoms with E-state index < -0.39 is 11.7 Å². The Labute approximate surface area is 111 Å². The highest BCUT2D eigenvalue weighted by Crippen LogP contribution is 2.31. The lowest BCUT2D eigenvalue weighted by Gasteiger charge is -2.31. The number of anilines is 1. The van der Waals surface area contributed by atoms with Crippen LogP contribution in [0.25, 0.3) is 0 Å². The van der Waals surface area contributed by atoms with Gasteiger partial charge in [0.05, 0.1) is 5.56 Å². The first-order valence-corrected chi connectivity index (χ1v) is 6.60. The zero-order chi connectivity index (χ0) is 13.9. The molecule has 1 N–H and O–H groups in total. The van der Waals surface area contributed by atoms with Crippen LogP contribution in [0, 0.1) is 5.92 Å². The highest BCUT2D eigenvalue weighted by atomic mass is 19.4. The third-order valence-electron chi connectivity index (χ3n) is 3.35. The van der Waals surface area contributed by atoms with E-state index in [1.807, 2.05) is 0 Å². The Morgan fingerprint density at radius 1 is 1.32 bits per heavy atom. The molecule has 1 aliphatic rings. The molecule has 0 bridgehead atoms. The number of benzene rings is 1. The van der Waals surface area contributed by atoms with Crippen LogP contribution in [0.2, 0.25) is 0 Å². The van der Waals surface area contributed by atoms with E-state index in [2.05, 4.69) is 17.1 Å². The lowest BCUT2D eigenvalue weighted by Crippen LogP contribution is -2.38. The summed E-state index contributed by atoms with van der Waals surface area (Å²) in [4.78, 5) is 2.06. The Balaban J connectivity index is 2.19. The topological polar surface area (TPSA) is 15.3 Å². The monoisotopic (exact) mass is 272 g/mol. The van der Waals surface area contributed by atoms with Gasteiger partial charge in [0.25, 0.3) is 0 Å². The zero-order valence-electron chi connectivity index (χ0n) is 11.0. The fourth-order valence-electron chi connectivity index (χ4n) is 2.39. The fourth-order valence-corrected chi connectivity index (χ4v) is 2.39. The highest BCUT2D eigenvalue weighted by molar-refractivity contribution is 5.49. The standard InChI is InChI=1S/C14H19F3N2/c1-11-9-18-6-3-7-19(10-11)13-5-2-4-12(8-13)14(15,16)17/h2,4-5,8,11,18H,3,6-7,9-10H2,1H3. The molecule has 0 spiro atoms. The number of alkyl halides is 3. The lowest BCUT2D eigenvalue weighted by atomic mass is 10.1. The van der Waals surface area contributed by atoms with Crippen molar-refractivity contribution in [2.24, 2.45) is 5.92 Å². The summed E-state index contributed by atoms with van der Waals surface area (Å²) in [7, 11) is 0. The van der Waals surface area contributed by atoms with Gasteiger partial charge in [-0.25, -0.2) is 0 Å². The molecule has 2 rings (SSSR count). The van der Waals surface area contributed by atoms with E-state index >= 15 is 0 Å². The first-order valence-electron chi connectivity index (χ1n) is 6.60. The number of nitrogens with one attached hydrogen (secondary N) is 1. The maximum absolute atomic E-state index is 12.7. The zero-order valence-corrected chi connectivity index (χ0v) is 11.0. The summed E-state index contributed by atoms with van der Waals surface area (Å²) in [5, 5.41) is 3.34. The van der Waals surface area contributed by atoms with Crippen molar-refractivity contribution in [1.82, 2.24) is 5.32 Å². The van der Waals surface area contributed by atoms with Crippen molar-refractivity contribution in [3.63, 3.8) is 0 Å². The van der Waals surface area contributed by atoms with E-state index in [0.29, 0.717) is 11.6 Å². The molecule has 1 aromatic carbocycles. The van der Waals surface area contributed by atoms with E-state index in [4.69, 9.17) is 0 Å². The summed E-state index contributed by atoms with van der Waals surface area (Å²) in [6, 6.07) is 5.62. The van der Waals surface area contributed by atoms with Crippen LogP contribution in [0.3, 0.4) is 0 Å². The number of nitrogens with zero attached hydrogens (tertiary/aromatic N) is 1. The van der Waals surface area contributed by atoms with Crippen LogP contribution >= 0.6 is 0 Å². The van der Waals surface area contributed by atoms with Crippen molar-refractivity contribution in [3.8, 4) is 0 Å². The van der Waals surface area contributed by atoms with Crippen molar-refractivity contribution < 1.29 is 13.2 Å². The first kappa shape index (κ1) is 14.2. The molecule has 1 aromatic rings. The summed E-state index contributed by atoms with van der Waals surface area (Å²) < 4.78 is 38.2. The minimum atomic E-state index is -4.27. The Kier molecular flexibility index (Phi) is 4.34. The van der Waals surface area contributed by atoms with Gasteiger partial charge in [-0.2, -0.15) is 13.2 Å². The Morgan fingerprint density at radius 2 is 2.11 bits per heavy atom. The molecule has 1 atom stereocenters. The van der Waals surface area contributed by atoms with E-state index in [-0.39, 0.29) is 0 Å². The quantitative estimate of drug-likeness (QED) is 0.845. The Bertz CT molecular complexity index is 417. The second kappa shape index (κ2) is 5.82. The number of rotatable bonds is 1. The van der Waals surface area contributed by atoms with Crippen LogP contribution in [-0.2, 0) is 6.18 Å². The summed E-state index contributed by atoms with van der Waals surface area (Å²) >= 11 is 0. The molecular weight excluding hydrogens is 253 g/mol. The molecule has 1 unspecified atom stereocenters. The number of hydrogen-bond donors (Lipinski definition) is 1. The van der Waals surface area contributed by atoms with Gasteiger partial charge in [-0.15, -0.1) is 0 Å². The van der Waals surface area contributed by atoms with Gasteiger partial charge >= 0.3 is 6.18 Å². The molecule has 0 saturated carbocycles. The van der Waals surface area contributed by atoms with E-state index in [1.165, 1.54) is 12.1 Å². The third-order valence-corrected chi connectivity index (χ3v) is 3.35. The third kappa shape index (κ3) is 3.86. The largest absolute Gasteiger partial charge is 0.416 e. The molecule has 0 aromatic heterocycles. The van der Waals surface area contributed by atoms with Crippen molar-refractivity contribution in [2.45, 2.75) is 19.5 Å². The molecule has 1 heterocycles. The maximum Gasteiger partial charge on any atom is 0.416 e. The summed E-state index contributed by atoms with van der Waals surface area (Å²) in [5.41, 5.74) is 0.0985. The summed E-state index contributed by atoms with van der Waals surface area (Å²) in [5.74, 6) is 0.426. The lowest BCUT2D eigenvalue weighted by molar-refractivity contribution is -0.137. The fraction of sp³-hybridized carbons (Fsp3) is 0.571. The van der Waals surface area contributed by atoms with Crippen molar-refractivity contribution in [3.05, 3.63) is 29.8 Å². The Hall–Kier alpha value is -1.23. The average Bonchev–Trinajstić information content (AvgIpc) is 2.33. The van der Waals surface area contributed by atoms with Gasteiger partial charge < -0.3 is 10.2 Å². The molecule has 0 aliphatic carbocycles. The molecule has 1 fully saturated rings. The smallest absolute Gasteiger partial charge is 0.371 e. The molecule has 19 heavy (non-hydrogen) atoms. The highest BCUT2D eigenvalue weighted by Gasteiger charge is 2.30. The molecule has 2 nitrogen and oxygen atoms in total. The van der Waals surface area contributed by atoms with Crippen LogP contribution in [0.4, 0.5) is 18.9 Å². The van der Waals surface area contributed by atoms with Crippen LogP contribution in [0.1, 0.15) is 18.9 Å². The molecule has 0 radical (unpaired) electrons. The van der Waals surface area contributed by atoms with Crippen LogP contribution in [0.15, 0.2) is 24.3 Å². The Morgan fingerprint density at radius 3 is 2.84 bits per heavy atom. The molecule has 5 heteroatoms. The SMILES string of the molecule is CC1CNCCCN(c2cccc(C(F)(F)F)c2)C1. The van der Waals surface area contributed by atoms with Crippen LogP contribution in [-0.4, -0.2) is 26.2 Å². The first-order chi connectivity index (χ1) is 8.97. The van der Waals surface area contributed by atoms with Gasteiger partial charge in [0.2, 0.25) is 0 Å². The molecule has 0 amide bonds. The van der Waals surface area contributed by atoms with Crippen LogP contribution < -0.4 is 10.2 Å². The molecular formula is C14H19F3N2. The van der Waals surface area contributed by atoms with E-state index in [0.717, 1.165) is 38.7 Å². The van der Waals surface area contributed by atoms with Gasteiger partial charge in [0.1, 0.15) is 0 Å². The van der Waals surface area contributed by atoms with Crippen LogP contribution in [0.5, 0.6) is 0 Å². The van der Waals surface area contributed by atoms with Crippen molar-refractivity contribution >= 4 is 5.69 Å². The minimum Gasteiger partial charge on any atom is -0.371 e. The molecule has 1 saturated heterocycles. The van der Waals surface area contributed by atoms with E-state index in [9.17, 15) is 13.2 Å². The van der Waals surface area contributed by atoms with Crippen molar-refractivity contribution in [1.29, 1.82) is 0 Å². The predicted molar refractivity (Wildman–Crippen MR) is 70.3 cm³/mol. The van der Waals surface area contributed by atoms with Gasteiger partial charge in [0.15, 0.2) is 0 Å². The van der Waals surface area contributed by atoms with Gasteiger partial charge in [0, 0.05) is 18.8 Å². The minimum absolute atomic E-state index is 0.426. The number of halogens is 3.